The molecule has 1 amide bonds. The summed E-state index contributed by atoms with van der Waals surface area (Å²) >= 11 is 1.88. The second-order valence-electron chi connectivity index (χ2n) is 7.98. The Bertz CT molecular complexity index is 1090. The Balaban J connectivity index is 1.59. The van der Waals surface area contributed by atoms with Crippen LogP contribution in [0.1, 0.15) is 39.4 Å². The van der Waals surface area contributed by atoms with Crippen molar-refractivity contribution in [2.45, 2.75) is 32.7 Å². The van der Waals surface area contributed by atoms with Gasteiger partial charge < -0.3 is 14.8 Å². The quantitative estimate of drug-likeness (QED) is 0.536. The minimum atomic E-state index is -0.0365. The fourth-order valence-corrected chi connectivity index (χ4v) is 6.09. The standard InChI is InChI=1S/C26H30N2O3S/c1-5-20-17(2)32-26-21(20)13-14-28(25(26)18-9-7-6-8-10-18)16-24(29)27-19-11-12-22(30-3)23(15-19)31-4/h6-12,15,25H,5,13-14,16H2,1-4H3,(H,27,29)/t25-/m0/s1. The highest BCUT2D eigenvalue weighted by Crippen LogP contribution is 2.42. The summed E-state index contributed by atoms with van der Waals surface area (Å²) < 4.78 is 10.7. The van der Waals surface area contributed by atoms with Crippen LogP contribution in [-0.4, -0.2) is 38.1 Å². The monoisotopic (exact) mass is 450 g/mol. The maximum Gasteiger partial charge on any atom is 0.238 e. The predicted octanol–water partition coefficient (Wildman–Crippen LogP) is 5.22. The maximum atomic E-state index is 13.0. The number of thiophene rings is 1. The van der Waals surface area contributed by atoms with Gasteiger partial charge in [-0.2, -0.15) is 0 Å². The Labute approximate surface area is 194 Å². The first kappa shape index (κ1) is 22.4. The predicted molar refractivity (Wildman–Crippen MR) is 130 cm³/mol. The Hall–Kier alpha value is -2.83. The molecule has 0 bridgehead atoms. The van der Waals surface area contributed by atoms with Crippen LogP contribution in [0.3, 0.4) is 0 Å². The van der Waals surface area contributed by atoms with Crippen molar-refractivity contribution in [3.63, 3.8) is 0 Å². The van der Waals surface area contributed by atoms with Gasteiger partial charge in [-0.1, -0.05) is 37.3 Å². The highest BCUT2D eigenvalue weighted by molar-refractivity contribution is 7.12. The Morgan fingerprint density at radius 1 is 1.12 bits per heavy atom. The summed E-state index contributed by atoms with van der Waals surface area (Å²) in [7, 11) is 3.19. The number of fused-ring (bicyclic) bond motifs is 1. The lowest BCUT2D eigenvalue weighted by molar-refractivity contribution is -0.117. The molecule has 4 rings (SSSR count). The van der Waals surface area contributed by atoms with E-state index in [2.05, 4.69) is 48.3 Å². The molecule has 1 aliphatic heterocycles. The number of benzene rings is 2. The molecule has 168 valence electrons. The number of hydrogen-bond acceptors (Lipinski definition) is 5. The third-order valence-corrected chi connectivity index (χ3v) is 7.34. The zero-order valence-corrected chi connectivity index (χ0v) is 19.9. The topological polar surface area (TPSA) is 50.8 Å². The number of hydrogen-bond donors (Lipinski definition) is 1. The summed E-state index contributed by atoms with van der Waals surface area (Å²) in [5, 5.41) is 3.03. The van der Waals surface area contributed by atoms with Gasteiger partial charge in [-0.05, 0) is 48.6 Å². The largest absolute Gasteiger partial charge is 0.493 e. The van der Waals surface area contributed by atoms with Crippen LogP contribution in [-0.2, 0) is 17.6 Å². The summed E-state index contributed by atoms with van der Waals surface area (Å²) in [6.07, 6.45) is 2.04. The van der Waals surface area contributed by atoms with E-state index in [4.69, 9.17) is 9.47 Å². The van der Waals surface area contributed by atoms with Gasteiger partial charge in [0.2, 0.25) is 5.91 Å². The highest BCUT2D eigenvalue weighted by Gasteiger charge is 2.33. The van der Waals surface area contributed by atoms with Crippen molar-refractivity contribution in [3.8, 4) is 11.5 Å². The fraction of sp³-hybridized carbons (Fsp3) is 0.346. The Kier molecular flexibility index (Phi) is 6.82. The van der Waals surface area contributed by atoms with Crippen molar-refractivity contribution in [2.75, 3.05) is 32.6 Å². The maximum absolute atomic E-state index is 13.0. The minimum absolute atomic E-state index is 0.0365. The number of rotatable bonds is 7. The molecule has 2 aromatic carbocycles. The highest BCUT2D eigenvalue weighted by atomic mass is 32.1. The van der Waals surface area contributed by atoms with E-state index in [0.29, 0.717) is 23.7 Å². The third-order valence-electron chi connectivity index (χ3n) is 6.10. The zero-order valence-electron chi connectivity index (χ0n) is 19.1. The van der Waals surface area contributed by atoms with Crippen LogP contribution >= 0.6 is 11.3 Å². The van der Waals surface area contributed by atoms with Crippen LogP contribution in [0.15, 0.2) is 48.5 Å². The van der Waals surface area contributed by atoms with E-state index in [1.807, 2.05) is 23.5 Å². The third kappa shape index (κ3) is 4.38. The molecule has 1 atom stereocenters. The zero-order chi connectivity index (χ0) is 22.7. The Morgan fingerprint density at radius 3 is 2.56 bits per heavy atom. The lowest BCUT2D eigenvalue weighted by Crippen LogP contribution is -2.40. The molecule has 0 spiro atoms. The van der Waals surface area contributed by atoms with Crippen molar-refractivity contribution < 1.29 is 14.3 Å². The number of amides is 1. The van der Waals surface area contributed by atoms with Crippen LogP contribution in [0.5, 0.6) is 11.5 Å². The molecular formula is C26H30N2O3S. The molecule has 0 fully saturated rings. The van der Waals surface area contributed by atoms with E-state index >= 15 is 0 Å². The first-order valence-corrected chi connectivity index (χ1v) is 11.8. The molecule has 0 unspecified atom stereocenters. The van der Waals surface area contributed by atoms with Crippen LogP contribution in [0.4, 0.5) is 5.69 Å². The molecule has 3 aromatic rings. The molecule has 0 saturated carbocycles. The molecule has 1 aliphatic rings. The van der Waals surface area contributed by atoms with Crippen LogP contribution in [0, 0.1) is 6.92 Å². The SMILES string of the molecule is CCc1c(C)sc2c1CCN(CC(=O)Nc1ccc(OC)c(OC)c1)[C@H]2c1ccccc1. The second-order valence-corrected chi connectivity index (χ2v) is 9.24. The van der Waals surface area contributed by atoms with Crippen LogP contribution in [0.2, 0.25) is 0 Å². The average molecular weight is 451 g/mol. The molecule has 0 aliphatic carbocycles. The fourth-order valence-electron chi connectivity index (χ4n) is 4.62. The first-order valence-electron chi connectivity index (χ1n) is 11.0. The van der Waals surface area contributed by atoms with Crippen LogP contribution in [0.25, 0.3) is 0 Å². The van der Waals surface area contributed by atoms with Crippen molar-refractivity contribution in [1.29, 1.82) is 0 Å². The molecular weight excluding hydrogens is 420 g/mol. The lowest BCUT2D eigenvalue weighted by atomic mass is 9.91. The van der Waals surface area contributed by atoms with E-state index in [-0.39, 0.29) is 11.9 Å². The first-order chi connectivity index (χ1) is 15.5. The number of carbonyl (C=O) groups is 1. The summed E-state index contributed by atoms with van der Waals surface area (Å²) in [4.78, 5) is 18.1. The van der Waals surface area contributed by atoms with E-state index in [1.165, 1.54) is 26.4 Å². The second kappa shape index (κ2) is 9.76. The molecule has 1 aromatic heterocycles. The summed E-state index contributed by atoms with van der Waals surface area (Å²) in [5.41, 5.74) is 4.90. The van der Waals surface area contributed by atoms with Gasteiger partial charge in [0, 0.05) is 28.1 Å². The van der Waals surface area contributed by atoms with Crippen molar-refractivity contribution in [1.82, 2.24) is 4.90 Å². The Morgan fingerprint density at radius 2 is 1.88 bits per heavy atom. The smallest absolute Gasteiger partial charge is 0.238 e. The van der Waals surface area contributed by atoms with Gasteiger partial charge in [0.1, 0.15) is 0 Å². The van der Waals surface area contributed by atoms with Crippen molar-refractivity contribution in [2.24, 2.45) is 0 Å². The van der Waals surface area contributed by atoms with Gasteiger partial charge in [-0.15, -0.1) is 11.3 Å². The number of carbonyl (C=O) groups excluding carboxylic acids is 1. The van der Waals surface area contributed by atoms with Crippen LogP contribution < -0.4 is 14.8 Å². The van der Waals surface area contributed by atoms with Gasteiger partial charge in [0.05, 0.1) is 26.8 Å². The minimum Gasteiger partial charge on any atom is -0.493 e. The van der Waals surface area contributed by atoms with Gasteiger partial charge in [0.15, 0.2) is 11.5 Å². The molecule has 32 heavy (non-hydrogen) atoms. The van der Waals surface area contributed by atoms with Crippen molar-refractivity contribution >= 4 is 22.9 Å². The van der Waals surface area contributed by atoms with Gasteiger partial charge >= 0.3 is 0 Å². The summed E-state index contributed by atoms with van der Waals surface area (Å²) in [6, 6.07) is 16.0. The normalized spacial score (nSPS) is 15.8. The van der Waals surface area contributed by atoms with Gasteiger partial charge in [0.25, 0.3) is 0 Å². The number of aryl methyl sites for hydroxylation is 1. The van der Waals surface area contributed by atoms with E-state index in [9.17, 15) is 4.79 Å². The lowest BCUT2D eigenvalue weighted by Gasteiger charge is -2.36. The van der Waals surface area contributed by atoms with Gasteiger partial charge in [-0.3, -0.25) is 9.69 Å². The van der Waals surface area contributed by atoms with Crippen molar-refractivity contribution in [3.05, 3.63) is 75.0 Å². The summed E-state index contributed by atoms with van der Waals surface area (Å²) in [5.74, 6) is 1.19. The number of anilines is 1. The molecule has 2 heterocycles. The summed E-state index contributed by atoms with van der Waals surface area (Å²) in [6.45, 7) is 5.63. The van der Waals surface area contributed by atoms with E-state index in [1.54, 1.807) is 26.4 Å². The molecule has 6 heteroatoms. The molecule has 0 radical (unpaired) electrons. The number of nitrogens with one attached hydrogen (secondary N) is 1. The molecule has 5 nitrogen and oxygen atoms in total. The number of ether oxygens (including phenoxy) is 2. The average Bonchev–Trinajstić information content (AvgIpc) is 3.14. The number of methoxy groups -OCH3 is 2. The van der Waals surface area contributed by atoms with E-state index < -0.39 is 0 Å². The molecule has 0 saturated heterocycles. The van der Waals surface area contributed by atoms with E-state index in [0.717, 1.165) is 19.4 Å². The van der Waals surface area contributed by atoms with Gasteiger partial charge in [-0.25, -0.2) is 0 Å². The molecule has 1 N–H and O–H groups in total. The number of nitrogens with zero attached hydrogens (tertiary/aromatic N) is 1.